The molecule has 5 aliphatic rings. The number of aliphatic hydroxyl groups excluding tert-OH is 1. The quantitative estimate of drug-likeness (QED) is 0.743. The Labute approximate surface area is 151 Å². The van der Waals surface area contributed by atoms with E-state index in [-0.39, 0.29) is 17.8 Å². The van der Waals surface area contributed by atoms with E-state index in [1.807, 2.05) is 6.92 Å². The summed E-state index contributed by atoms with van der Waals surface area (Å²) in [6.07, 6.45) is -5.74. The van der Waals surface area contributed by atoms with E-state index in [1.54, 1.807) is 6.92 Å². The third-order valence-corrected chi connectivity index (χ3v) is 7.13. The SMILES string of the molecule is C[C@H]1[C@@H](C[C@H](O)C(F)(F)F)O[C@@H]2O[C@]3(C)CC[C@H]4[C@H](C)CC[C@@H]1[C@@]24OO3. The average Bonchev–Trinajstić information content (AvgIpc) is 2.77. The number of aliphatic hydroxyl groups is 1. The van der Waals surface area contributed by atoms with Gasteiger partial charge in [0.25, 0.3) is 0 Å². The predicted octanol–water partition coefficient (Wildman–Crippen LogP) is 3.55. The first-order valence-electron chi connectivity index (χ1n) is 9.52. The lowest BCUT2D eigenvalue weighted by molar-refractivity contribution is -0.571. The summed E-state index contributed by atoms with van der Waals surface area (Å²) in [5.74, 6) is -0.616. The van der Waals surface area contributed by atoms with E-state index in [4.69, 9.17) is 19.2 Å². The zero-order chi connectivity index (χ0) is 18.9. The van der Waals surface area contributed by atoms with Gasteiger partial charge >= 0.3 is 6.18 Å². The van der Waals surface area contributed by atoms with Crippen LogP contribution in [-0.4, -0.2) is 41.2 Å². The number of hydrogen-bond donors (Lipinski definition) is 1. The lowest BCUT2D eigenvalue weighted by atomic mass is 9.57. The Hall–Kier alpha value is -0.410. The van der Waals surface area contributed by atoms with Gasteiger partial charge in [-0.05, 0) is 43.9 Å². The van der Waals surface area contributed by atoms with Crippen LogP contribution in [0.5, 0.6) is 0 Å². The highest BCUT2D eigenvalue weighted by Gasteiger charge is 2.69. The number of hydrogen-bond acceptors (Lipinski definition) is 5. The molecule has 1 spiro atoms. The Morgan fingerprint density at radius 2 is 1.85 bits per heavy atom. The van der Waals surface area contributed by atoms with Crippen LogP contribution in [0.15, 0.2) is 0 Å². The van der Waals surface area contributed by atoms with Crippen LogP contribution in [0.4, 0.5) is 13.2 Å². The maximum atomic E-state index is 12.9. The van der Waals surface area contributed by atoms with Crippen LogP contribution in [0.2, 0.25) is 0 Å². The molecule has 0 unspecified atom stereocenters. The minimum absolute atomic E-state index is 0.0319. The lowest BCUT2D eigenvalue weighted by Crippen LogP contribution is -2.70. The van der Waals surface area contributed by atoms with Gasteiger partial charge in [-0.15, -0.1) is 0 Å². The van der Waals surface area contributed by atoms with Gasteiger partial charge in [-0.3, -0.25) is 0 Å². The molecule has 5 nitrogen and oxygen atoms in total. The van der Waals surface area contributed by atoms with Crippen LogP contribution in [0.25, 0.3) is 0 Å². The van der Waals surface area contributed by atoms with Crippen LogP contribution in [-0.2, 0) is 19.2 Å². The van der Waals surface area contributed by atoms with Crippen molar-refractivity contribution in [2.45, 2.75) is 88.9 Å². The summed E-state index contributed by atoms with van der Waals surface area (Å²) in [5, 5.41) is 9.55. The molecule has 8 heteroatoms. The highest BCUT2D eigenvalue weighted by molar-refractivity contribution is 5.10. The maximum Gasteiger partial charge on any atom is 0.414 e. The standard InChI is InChI=1S/C18H27F3O5/c1-9-4-5-12-10(2)13(8-14(22)18(19,20)21)23-15-17(12)11(9)6-7-16(3,24-15)25-26-17/h9-15,22H,4-8H2,1-3H3/t9-,10-,11+,12+,13-,14+,15-,16+,17-/m1/s1. The number of fused-ring (bicyclic) bond motifs is 2. The molecule has 0 radical (unpaired) electrons. The number of ether oxygens (including phenoxy) is 2. The van der Waals surface area contributed by atoms with Gasteiger partial charge in [-0.1, -0.05) is 13.8 Å². The van der Waals surface area contributed by atoms with Crippen molar-refractivity contribution in [1.29, 1.82) is 0 Å². The Bertz CT molecular complexity index is 557. The van der Waals surface area contributed by atoms with E-state index in [2.05, 4.69) is 6.92 Å². The molecule has 1 saturated carbocycles. The van der Waals surface area contributed by atoms with Crippen molar-refractivity contribution >= 4 is 0 Å². The van der Waals surface area contributed by atoms with Gasteiger partial charge in [0.05, 0.1) is 6.10 Å². The molecule has 5 fully saturated rings. The summed E-state index contributed by atoms with van der Waals surface area (Å²) in [6, 6.07) is 0. The summed E-state index contributed by atoms with van der Waals surface area (Å²) >= 11 is 0. The molecule has 26 heavy (non-hydrogen) atoms. The number of halogens is 3. The van der Waals surface area contributed by atoms with E-state index >= 15 is 0 Å². The van der Waals surface area contributed by atoms with E-state index in [1.165, 1.54) is 0 Å². The maximum absolute atomic E-state index is 12.9. The summed E-state index contributed by atoms with van der Waals surface area (Å²) in [6.45, 7) is 5.84. The molecule has 0 aromatic heterocycles. The second kappa shape index (κ2) is 6.04. The fraction of sp³-hybridized carbons (Fsp3) is 1.00. The molecule has 0 aromatic rings. The van der Waals surface area contributed by atoms with E-state index < -0.39 is 42.5 Å². The fourth-order valence-corrected chi connectivity index (χ4v) is 5.60. The summed E-state index contributed by atoms with van der Waals surface area (Å²) < 4.78 is 50.7. The van der Waals surface area contributed by atoms with Crippen LogP contribution in [0, 0.1) is 23.7 Å². The van der Waals surface area contributed by atoms with Crippen molar-refractivity contribution < 1.29 is 37.5 Å². The Kier molecular flexibility index (Phi) is 4.40. The van der Waals surface area contributed by atoms with E-state index in [0.717, 1.165) is 19.3 Å². The normalized spacial score (nSPS) is 52.3. The first kappa shape index (κ1) is 18.9. The summed E-state index contributed by atoms with van der Waals surface area (Å²) in [7, 11) is 0. The molecule has 2 bridgehead atoms. The minimum Gasteiger partial charge on any atom is -0.384 e. The Morgan fingerprint density at radius 1 is 1.12 bits per heavy atom. The molecule has 150 valence electrons. The highest BCUT2D eigenvalue weighted by Crippen LogP contribution is 2.60. The van der Waals surface area contributed by atoms with Gasteiger partial charge in [0.2, 0.25) is 5.79 Å². The molecule has 4 saturated heterocycles. The first-order valence-corrected chi connectivity index (χ1v) is 9.52. The lowest BCUT2D eigenvalue weighted by Gasteiger charge is -2.60. The van der Waals surface area contributed by atoms with Crippen LogP contribution in [0.1, 0.15) is 52.9 Å². The Balaban J connectivity index is 1.66. The third-order valence-electron chi connectivity index (χ3n) is 7.13. The molecule has 1 aliphatic carbocycles. The second-order valence-corrected chi connectivity index (χ2v) is 8.74. The molecule has 0 amide bonds. The zero-order valence-electron chi connectivity index (χ0n) is 15.3. The van der Waals surface area contributed by atoms with E-state index in [9.17, 15) is 18.3 Å². The molecule has 4 heterocycles. The predicted molar refractivity (Wildman–Crippen MR) is 83.5 cm³/mol. The average molecular weight is 380 g/mol. The second-order valence-electron chi connectivity index (χ2n) is 8.74. The smallest absolute Gasteiger partial charge is 0.384 e. The molecular weight excluding hydrogens is 353 g/mol. The van der Waals surface area contributed by atoms with Crippen molar-refractivity contribution in [2.24, 2.45) is 23.7 Å². The van der Waals surface area contributed by atoms with Gasteiger partial charge in [0.1, 0.15) is 0 Å². The topological polar surface area (TPSA) is 57.2 Å². The third kappa shape index (κ3) is 2.71. The van der Waals surface area contributed by atoms with Crippen LogP contribution >= 0.6 is 0 Å². The highest BCUT2D eigenvalue weighted by atomic mass is 19.4. The monoisotopic (exact) mass is 380 g/mol. The van der Waals surface area contributed by atoms with E-state index in [0.29, 0.717) is 12.3 Å². The fourth-order valence-electron chi connectivity index (χ4n) is 5.60. The number of alkyl halides is 3. The Morgan fingerprint density at radius 3 is 2.54 bits per heavy atom. The largest absolute Gasteiger partial charge is 0.414 e. The molecule has 5 rings (SSSR count). The van der Waals surface area contributed by atoms with Crippen molar-refractivity contribution in [3.05, 3.63) is 0 Å². The summed E-state index contributed by atoms with van der Waals surface area (Å²) in [4.78, 5) is 11.6. The van der Waals surface area contributed by atoms with Crippen molar-refractivity contribution in [3.63, 3.8) is 0 Å². The zero-order valence-corrected chi connectivity index (χ0v) is 15.3. The molecular formula is C18H27F3O5. The van der Waals surface area contributed by atoms with Crippen molar-refractivity contribution in [3.8, 4) is 0 Å². The van der Waals surface area contributed by atoms with Gasteiger partial charge in [0, 0.05) is 18.8 Å². The van der Waals surface area contributed by atoms with Gasteiger partial charge in [-0.25, -0.2) is 9.78 Å². The van der Waals surface area contributed by atoms with Gasteiger partial charge < -0.3 is 14.6 Å². The molecule has 9 atom stereocenters. The van der Waals surface area contributed by atoms with Gasteiger partial charge in [-0.2, -0.15) is 13.2 Å². The first-order chi connectivity index (χ1) is 12.1. The molecule has 4 aliphatic heterocycles. The molecule has 1 N–H and O–H groups in total. The van der Waals surface area contributed by atoms with Crippen molar-refractivity contribution in [1.82, 2.24) is 0 Å². The van der Waals surface area contributed by atoms with Gasteiger partial charge in [0.15, 0.2) is 18.0 Å². The van der Waals surface area contributed by atoms with Crippen LogP contribution in [0.3, 0.4) is 0 Å². The van der Waals surface area contributed by atoms with Crippen molar-refractivity contribution in [2.75, 3.05) is 0 Å². The summed E-state index contributed by atoms with van der Waals surface area (Å²) in [5.41, 5.74) is -0.785. The van der Waals surface area contributed by atoms with Crippen LogP contribution < -0.4 is 0 Å². The minimum atomic E-state index is -4.66. The molecule has 0 aromatic carbocycles. The number of rotatable bonds is 2.